The molecule has 1 N–H and O–H groups in total. The SMILES string of the molecule is O=C1NC[C@H](c2ccccc2Cl)O1. The summed E-state index contributed by atoms with van der Waals surface area (Å²) in [6, 6.07) is 7.35. The van der Waals surface area contributed by atoms with Crippen LogP contribution in [0.25, 0.3) is 0 Å². The summed E-state index contributed by atoms with van der Waals surface area (Å²) in [6.45, 7) is 0.489. The molecule has 4 heteroatoms. The molecule has 1 heterocycles. The van der Waals surface area contributed by atoms with Gasteiger partial charge >= 0.3 is 6.09 Å². The zero-order valence-electron chi connectivity index (χ0n) is 6.79. The van der Waals surface area contributed by atoms with Crippen LogP contribution in [0.15, 0.2) is 24.3 Å². The third kappa shape index (κ3) is 1.60. The number of amides is 1. The van der Waals surface area contributed by atoms with Crippen LogP contribution in [0, 0.1) is 0 Å². The first-order valence-corrected chi connectivity index (χ1v) is 4.34. The number of nitrogens with one attached hydrogen (secondary N) is 1. The predicted molar refractivity (Wildman–Crippen MR) is 48.7 cm³/mol. The molecular weight excluding hydrogens is 190 g/mol. The van der Waals surface area contributed by atoms with Crippen LogP contribution in [0.2, 0.25) is 5.02 Å². The lowest BCUT2D eigenvalue weighted by molar-refractivity contribution is 0.141. The van der Waals surface area contributed by atoms with Crippen LogP contribution < -0.4 is 5.32 Å². The van der Waals surface area contributed by atoms with Crippen LogP contribution in [0.5, 0.6) is 0 Å². The number of alkyl carbamates (subject to hydrolysis) is 1. The van der Waals surface area contributed by atoms with E-state index in [0.717, 1.165) is 5.56 Å². The molecule has 3 nitrogen and oxygen atoms in total. The molecule has 1 aliphatic heterocycles. The molecule has 1 aromatic carbocycles. The second kappa shape index (κ2) is 3.26. The fourth-order valence-electron chi connectivity index (χ4n) is 1.30. The number of hydrogen-bond acceptors (Lipinski definition) is 2. The first-order valence-electron chi connectivity index (χ1n) is 3.96. The number of halogens is 1. The summed E-state index contributed by atoms with van der Waals surface area (Å²) in [7, 11) is 0. The van der Waals surface area contributed by atoms with Crippen LogP contribution in [-0.4, -0.2) is 12.6 Å². The molecule has 1 amide bonds. The number of hydrogen-bond donors (Lipinski definition) is 1. The minimum absolute atomic E-state index is 0.249. The van der Waals surface area contributed by atoms with Gasteiger partial charge in [-0.15, -0.1) is 0 Å². The van der Waals surface area contributed by atoms with Gasteiger partial charge < -0.3 is 10.1 Å². The van der Waals surface area contributed by atoms with Gasteiger partial charge in [-0.2, -0.15) is 0 Å². The van der Waals surface area contributed by atoms with Crippen molar-refractivity contribution in [2.75, 3.05) is 6.54 Å². The Kier molecular flexibility index (Phi) is 2.10. The summed E-state index contributed by atoms with van der Waals surface area (Å²) in [4.78, 5) is 10.8. The third-order valence-electron chi connectivity index (χ3n) is 1.93. The average Bonchev–Trinajstić information content (AvgIpc) is 2.53. The van der Waals surface area contributed by atoms with Gasteiger partial charge in [-0.05, 0) is 6.07 Å². The lowest BCUT2D eigenvalue weighted by Gasteiger charge is -2.08. The normalized spacial score (nSPS) is 21.0. The number of benzene rings is 1. The van der Waals surface area contributed by atoms with Crippen LogP contribution in [0.3, 0.4) is 0 Å². The van der Waals surface area contributed by atoms with E-state index in [0.29, 0.717) is 11.6 Å². The first kappa shape index (κ1) is 8.38. The molecule has 1 aromatic rings. The monoisotopic (exact) mass is 197 g/mol. The van der Waals surface area contributed by atoms with Gasteiger partial charge in [-0.1, -0.05) is 29.8 Å². The minimum atomic E-state index is -0.384. The van der Waals surface area contributed by atoms with E-state index in [2.05, 4.69) is 5.32 Å². The highest BCUT2D eigenvalue weighted by atomic mass is 35.5. The summed E-state index contributed by atoms with van der Waals surface area (Å²) in [5.74, 6) is 0. The summed E-state index contributed by atoms with van der Waals surface area (Å²) in [5, 5.41) is 3.20. The Morgan fingerprint density at radius 2 is 2.23 bits per heavy atom. The quantitative estimate of drug-likeness (QED) is 0.749. The smallest absolute Gasteiger partial charge is 0.407 e. The largest absolute Gasteiger partial charge is 0.439 e. The molecule has 0 aromatic heterocycles. The number of cyclic esters (lactones) is 1. The molecule has 0 bridgehead atoms. The molecule has 13 heavy (non-hydrogen) atoms. The molecule has 0 spiro atoms. The van der Waals surface area contributed by atoms with Crippen molar-refractivity contribution in [3.05, 3.63) is 34.9 Å². The van der Waals surface area contributed by atoms with E-state index in [1.54, 1.807) is 6.07 Å². The number of carbonyl (C=O) groups excluding carboxylic acids is 1. The van der Waals surface area contributed by atoms with E-state index in [-0.39, 0.29) is 12.2 Å². The summed E-state index contributed by atoms with van der Waals surface area (Å²) in [5.41, 5.74) is 0.850. The first-order chi connectivity index (χ1) is 6.27. The summed E-state index contributed by atoms with van der Waals surface area (Å²) >= 11 is 5.93. The highest BCUT2D eigenvalue weighted by Crippen LogP contribution is 2.27. The minimum Gasteiger partial charge on any atom is -0.439 e. The second-order valence-electron chi connectivity index (χ2n) is 2.80. The summed E-state index contributed by atoms with van der Waals surface area (Å²) < 4.78 is 4.99. The van der Waals surface area contributed by atoms with Crippen molar-refractivity contribution in [2.24, 2.45) is 0 Å². The Hall–Kier alpha value is -1.22. The highest BCUT2D eigenvalue weighted by molar-refractivity contribution is 6.31. The molecule has 1 atom stereocenters. The fourth-order valence-corrected chi connectivity index (χ4v) is 1.56. The maximum Gasteiger partial charge on any atom is 0.407 e. The molecule has 1 aliphatic rings. The fraction of sp³-hybridized carbons (Fsp3) is 0.222. The van der Waals surface area contributed by atoms with E-state index >= 15 is 0 Å². The van der Waals surface area contributed by atoms with Gasteiger partial charge in [0.1, 0.15) is 6.10 Å². The lowest BCUT2D eigenvalue weighted by Crippen LogP contribution is -2.12. The van der Waals surface area contributed by atoms with Gasteiger partial charge in [0.2, 0.25) is 0 Å². The molecule has 0 radical (unpaired) electrons. The molecule has 1 saturated heterocycles. The zero-order chi connectivity index (χ0) is 9.26. The molecule has 0 aliphatic carbocycles. The lowest BCUT2D eigenvalue weighted by atomic mass is 10.1. The van der Waals surface area contributed by atoms with Crippen molar-refractivity contribution in [2.45, 2.75) is 6.10 Å². The zero-order valence-corrected chi connectivity index (χ0v) is 7.54. The van der Waals surface area contributed by atoms with Gasteiger partial charge in [-0.25, -0.2) is 4.79 Å². The molecule has 68 valence electrons. The Balaban J connectivity index is 2.26. The molecule has 0 unspecified atom stereocenters. The maximum atomic E-state index is 10.8. The third-order valence-corrected chi connectivity index (χ3v) is 2.28. The standard InChI is InChI=1S/C9H8ClNO2/c10-7-4-2-1-3-6(7)8-5-11-9(12)13-8/h1-4,8H,5H2,(H,11,12)/t8-/m1/s1. The van der Waals surface area contributed by atoms with E-state index in [1.807, 2.05) is 18.2 Å². The van der Waals surface area contributed by atoms with Crippen molar-refractivity contribution < 1.29 is 9.53 Å². The second-order valence-corrected chi connectivity index (χ2v) is 3.20. The van der Waals surface area contributed by atoms with Crippen LogP contribution in [0.1, 0.15) is 11.7 Å². The number of ether oxygens (including phenoxy) is 1. The van der Waals surface area contributed by atoms with E-state index < -0.39 is 0 Å². The Labute approximate surface area is 80.6 Å². The van der Waals surface area contributed by atoms with E-state index in [1.165, 1.54) is 0 Å². The number of carbonyl (C=O) groups is 1. The van der Waals surface area contributed by atoms with Crippen molar-refractivity contribution >= 4 is 17.7 Å². The van der Waals surface area contributed by atoms with Gasteiger partial charge in [0.05, 0.1) is 6.54 Å². The Morgan fingerprint density at radius 3 is 2.85 bits per heavy atom. The van der Waals surface area contributed by atoms with Crippen LogP contribution in [0.4, 0.5) is 4.79 Å². The van der Waals surface area contributed by atoms with Gasteiger partial charge in [0.25, 0.3) is 0 Å². The van der Waals surface area contributed by atoms with Crippen molar-refractivity contribution in [3.8, 4) is 0 Å². The number of rotatable bonds is 1. The van der Waals surface area contributed by atoms with Crippen molar-refractivity contribution in [1.82, 2.24) is 5.32 Å². The average molecular weight is 198 g/mol. The van der Waals surface area contributed by atoms with E-state index in [9.17, 15) is 4.79 Å². The van der Waals surface area contributed by atoms with Gasteiger partial charge in [0, 0.05) is 10.6 Å². The molecule has 0 saturated carbocycles. The topological polar surface area (TPSA) is 38.3 Å². The van der Waals surface area contributed by atoms with Gasteiger partial charge in [0.15, 0.2) is 0 Å². The van der Waals surface area contributed by atoms with Crippen molar-refractivity contribution in [1.29, 1.82) is 0 Å². The highest BCUT2D eigenvalue weighted by Gasteiger charge is 2.25. The molecule has 1 fully saturated rings. The van der Waals surface area contributed by atoms with Crippen LogP contribution >= 0.6 is 11.6 Å². The van der Waals surface area contributed by atoms with Crippen LogP contribution in [-0.2, 0) is 4.74 Å². The molecular formula is C9H8ClNO2. The molecule has 2 rings (SSSR count). The Morgan fingerprint density at radius 1 is 1.46 bits per heavy atom. The Bertz CT molecular complexity index is 340. The summed E-state index contributed by atoms with van der Waals surface area (Å²) in [6.07, 6.45) is -0.633. The van der Waals surface area contributed by atoms with E-state index in [4.69, 9.17) is 16.3 Å². The van der Waals surface area contributed by atoms with Gasteiger partial charge in [-0.3, -0.25) is 0 Å². The predicted octanol–water partition coefficient (Wildman–Crippen LogP) is 2.12. The maximum absolute atomic E-state index is 10.8. The van der Waals surface area contributed by atoms with Crippen molar-refractivity contribution in [3.63, 3.8) is 0 Å².